The van der Waals surface area contributed by atoms with Gasteiger partial charge in [0.2, 0.25) is 0 Å². The van der Waals surface area contributed by atoms with Gasteiger partial charge in [-0.05, 0) is 24.3 Å². The van der Waals surface area contributed by atoms with E-state index in [9.17, 15) is 10.2 Å². The van der Waals surface area contributed by atoms with Crippen molar-refractivity contribution in [2.24, 2.45) is 0 Å². The molecule has 0 radical (unpaired) electrons. The van der Waals surface area contributed by atoms with Crippen LogP contribution in [0.15, 0.2) is 48.5 Å². The van der Waals surface area contributed by atoms with Gasteiger partial charge in [0, 0.05) is 21.2 Å². The summed E-state index contributed by atoms with van der Waals surface area (Å²) in [6.07, 6.45) is -4.74. The van der Waals surface area contributed by atoms with Gasteiger partial charge >= 0.3 is 0 Å². The number of benzene rings is 2. The molecule has 0 aliphatic carbocycles. The first-order valence-corrected chi connectivity index (χ1v) is 9.68. The lowest BCUT2D eigenvalue weighted by Gasteiger charge is -2.37. The number of fused-ring (bicyclic) bond motifs is 1. The Morgan fingerprint density at radius 2 is 1.39 bits per heavy atom. The molecule has 0 saturated carbocycles. The third-order valence-corrected chi connectivity index (χ3v) is 5.34. The predicted octanol–water partition coefficient (Wildman–Crippen LogP) is 3.24. The molecule has 2 aromatic rings. The summed E-state index contributed by atoms with van der Waals surface area (Å²) >= 11 is 11.9. The van der Waals surface area contributed by atoms with E-state index in [4.69, 9.17) is 42.1 Å². The minimum atomic E-state index is -1.09. The number of halogens is 2. The van der Waals surface area contributed by atoms with Crippen molar-refractivity contribution in [3.8, 4) is 0 Å². The summed E-state index contributed by atoms with van der Waals surface area (Å²) in [7, 11) is 0. The van der Waals surface area contributed by atoms with Gasteiger partial charge in [0.25, 0.3) is 0 Å². The van der Waals surface area contributed by atoms with Crippen molar-refractivity contribution in [1.82, 2.24) is 0 Å². The zero-order valence-corrected chi connectivity index (χ0v) is 16.3. The summed E-state index contributed by atoms with van der Waals surface area (Å²) in [4.78, 5) is 0. The van der Waals surface area contributed by atoms with Gasteiger partial charge in [0.15, 0.2) is 12.6 Å². The Balaban J connectivity index is 1.56. The van der Waals surface area contributed by atoms with Crippen molar-refractivity contribution < 1.29 is 29.2 Å². The largest absolute Gasteiger partial charge is 0.394 e. The lowest BCUT2D eigenvalue weighted by molar-refractivity contribution is -0.289. The molecule has 2 fully saturated rings. The number of hydrogen-bond acceptors (Lipinski definition) is 6. The zero-order chi connectivity index (χ0) is 19.7. The third-order valence-electron chi connectivity index (χ3n) is 4.84. The Labute approximate surface area is 172 Å². The Morgan fingerprint density at radius 3 is 1.96 bits per heavy atom. The molecule has 2 aromatic carbocycles. The van der Waals surface area contributed by atoms with Crippen LogP contribution in [0.4, 0.5) is 0 Å². The average Bonchev–Trinajstić information content (AvgIpc) is 2.85. The Kier molecular flexibility index (Phi) is 6.20. The molecule has 28 heavy (non-hydrogen) atoms. The molecule has 2 unspecified atom stereocenters. The van der Waals surface area contributed by atoms with E-state index < -0.39 is 37.0 Å². The molecule has 2 heterocycles. The molecule has 2 N–H and O–H groups in total. The summed E-state index contributed by atoms with van der Waals surface area (Å²) in [5, 5.41) is 21.7. The predicted molar refractivity (Wildman–Crippen MR) is 102 cm³/mol. The van der Waals surface area contributed by atoms with Crippen LogP contribution >= 0.6 is 23.2 Å². The van der Waals surface area contributed by atoms with Crippen molar-refractivity contribution in [3.63, 3.8) is 0 Å². The summed E-state index contributed by atoms with van der Waals surface area (Å²) in [5.74, 6) is 0. The molecule has 2 saturated heterocycles. The van der Waals surface area contributed by atoms with Crippen LogP contribution < -0.4 is 0 Å². The Morgan fingerprint density at radius 1 is 0.821 bits per heavy atom. The fraction of sp³-hybridized carbons (Fsp3) is 0.400. The van der Waals surface area contributed by atoms with E-state index in [0.29, 0.717) is 10.0 Å². The highest BCUT2D eigenvalue weighted by molar-refractivity contribution is 6.30. The molecule has 2 aliphatic rings. The number of aliphatic hydroxyl groups is 2. The maximum absolute atomic E-state index is 10.8. The third kappa shape index (κ3) is 4.20. The van der Waals surface area contributed by atoms with Gasteiger partial charge in [-0.2, -0.15) is 0 Å². The molecule has 0 aromatic heterocycles. The normalized spacial score (nSPS) is 33.1. The van der Waals surface area contributed by atoms with Gasteiger partial charge in [0.05, 0.1) is 13.2 Å². The first-order valence-electron chi connectivity index (χ1n) is 8.93. The van der Waals surface area contributed by atoms with Crippen molar-refractivity contribution in [2.45, 2.75) is 37.0 Å². The summed E-state index contributed by atoms with van der Waals surface area (Å²) in [6.45, 7) is -0.186. The van der Waals surface area contributed by atoms with E-state index in [1.54, 1.807) is 48.5 Å². The highest BCUT2D eigenvalue weighted by atomic mass is 35.5. The number of hydrogen-bond donors (Lipinski definition) is 2. The first-order chi connectivity index (χ1) is 13.5. The Bertz CT molecular complexity index is 784. The van der Waals surface area contributed by atoms with Crippen LogP contribution in [0.5, 0.6) is 0 Å². The van der Waals surface area contributed by atoms with Crippen molar-refractivity contribution >= 4 is 23.2 Å². The molecule has 6 nitrogen and oxygen atoms in total. The molecule has 0 bridgehead atoms. The maximum Gasteiger partial charge on any atom is 0.184 e. The molecule has 4 rings (SSSR count). The van der Waals surface area contributed by atoms with Crippen LogP contribution in [0.3, 0.4) is 0 Å². The summed E-state index contributed by atoms with van der Waals surface area (Å²) in [6, 6.07) is 14.1. The van der Waals surface area contributed by atoms with Crippen molar-refractivity contribution in [1.29, 1.82) is 0 Å². The van der Waals surface area contributed by atoms with Gasteiger partial charge in [-0.15, -0.1) is 0 Å². The van der Waals surface area contributed by atoms with Gasteiger partial charge in [0.1, 0.15) is 24.4 Å². The second-order valence-corrected chi connectivity index (χ2v) is 7.60. The second-order valence-electron chi connectivity index (χ2n) is 6.72. The number of rotatable bonds is 3. The first kappa shape index (κ1) is 20.1. The smallest absolute Gasteiger partial charge is 0.184 e. The van der Waals surface area contributed by atoms with Crippen LogP contribution in [0, 0.1) is 0 Å². The molecule has 2 aliphatic heterocycles. The van der Waals surface area contributed by atoms with Crippen LogP contribution in [0.2, 0.25) is 10.0 Å². The SMILES string of the molecule is OC[C@@H]1OC(c2ccc(Cl)cc2)O[C@@H]2COC(c3ccc(Cl)cc3)O[C@H]2[C@@H]1O. The highest BCUT2D eigenvalue weighted by Gasteiger charge is 2.46. The molecule has 6 atom stereocenters. The van der Waals surface area contributed by atoms with E-state index in [1.807, 2.05) is 0 Å². The lowest BCUT2D eigenvalue weighted by atomic mass is 10.0. The van der Waals surface area contributed by atoms with Crippen LogP contribution in [0.25, 0.3) is 0 Å². The number of ether oxygens (including phenoxy) is 4. The van der Waals surface area contributed by atoms with Gasteiger partial charge in [-0.1, -0.05) is 47.5 Å². The quantitative estimate of drug-likeness (QED) is 0.784. The zero-order valence-electron chi connectivity index (χ0n) is 14.8. The lowest BCUT2D eigenvalue weighted by Crippen LogP contribution is -2.51. The molecule has 0 spiro atoms. The molecule has 150 valence electrons. The molecule has 8 heteroatoms. The fourth-order valence-corrected chi connectivity index (χ4v) is 3.58. The average molecular weight is 427 g/mol. The molecule has 0 amide bonds. The van der Waals surface area contributed by atoms with E-state index in [0.717, 1.165) is 11.1 Å². The second kappa shape index (κ2) is 8.65. The topological polar surface area (TPSA) is 77.4 Å². The van der Waals surface area contributed by atoms with E-state index in [2.05, 4.69) is 0 Å². The van der Waals surface area contributed by atoms with Crippen molar-refractivity contribution in [2.75, 3.05) is 13.2 Å². The molecular formula is C20H20Cl2O6. The summed E-state index contributed by atoms with van der Waals surface area (Å²) < 4.78 is 23.7. The van der Waals surface area contributed by atoms with E-state index >= 15 is 0 Å². The van der Waals surface area contributed by atoms with Crippen LogP contribution in [0.1, 0.15) is 23.7 Å². The van der Waals surface area contributed by atoms with E-state index in [1.165, 1.54) is 0 Å². The highest BCUT2D eigenvalue weighted by Crippen LogP contribution is 2.37. The van der Waals surface area contributed by atoms with Gasteiger partial charge < -0.3 is 29.2 Å². The number of aliphatic hydroxyl groups excluding tert-OH is 2. The van der Waals surface area contributed by atoms with E-state index in [-0.39, 0.29) is 13.2 Å². The van der Waals surface area contributed by atoms with Gasteiger partial charge in [-0.25, -0.2) is 0 Å². The standard InChI is InChI=1S/C20H20Cl2O6/c21-13-5-1-11(2-6-13)19-25-10-16-18(28-19)17(24)15(9-23)26-20(27-16)12-3-7-14(22)8-4-12/h1-8,15-20,23-24H,9-10H2/t15-,16+,17+,18+,19?,20?/m0/s1. The van der Waals surface area contributed by atoms with Crippen LogP contribution in [-0.4, -0.2) is 47.8 Å². The summed E-state index contributed by atoms with van der Waals surface area (Å²) in [5.41, 5.74) is 1.49. The monoisotopic (exact) mass is 426 g/mol. The minimum Gasteiger partial charge on any atom is -0.394 e. The molecular weight excluding hydrogens is 407 g/mol. The minimum absolute atomic E-state index is 0.195. The fourth-order valence-electron chi connectivity index (χ4n) is 3.33. The maximum atomic E-state index is 10.8. The Hall–Kier alpha value is -1.22. The van der Waals surface area contributed by atoms with Crippen LogP contribution in [-0.2, 0) is 18.9 Å². The van der Waals surface area contributed by atoms with Crippen molar-refractivity contribution in [3.05, 3.63) is 69.7 Å². The van der Waals surface area contributed by atoms with Gasteiger partial charge in [-0.3, -0.25) is 0 Å².